The summed E-state index contributed by atoms with van der Waals surface area (Å²) < 4.78 is 3.21. The van der Waals surface area contributed by atoms with Crippen molar-refractivity contribution in [3.8, 4) is 0 Å². The minimum Gasteiger partial charge on any atom is -0.400 e. The molecular weight excluding hydrogens is 222 g/mol. The van der Waals surface area contributed by atoms with Crippen LogP contribution in [0.1, 0.15) is 11.3 Å². The van der Waals surface area contributed by atoms with Crippen molar-refractivity contribution in [1.29, 1.82) is 0 Å². The van der Waals surface area contributed by atoms with Crippen LogP contribution in [0.15, 0.2) is 17.2 Å². The summed E-state index contributed by atoms with van der Waals surface area (Å²) in [5.41, 5.74) is 0.924. The first-order valence-electron chi connectivity index (χ1n) is 5.06. The van der Waals surface area contributed by atoms with E-state index in [1.54, 1.807) is 23.9 Å². The molecule has 1 N–H and O–H groups in total. The highest BCUT2D eigenvalue weighted by atomic mass is 16.2. The van der Waals surface area contributed by atoms with Crippen molar-refractivity contribution in [3.63, 3.8) is 0 Å². The zero-order valence-electron chi connectivity index (χ0n) is 10.0. The lowest BCUT2D eigenvalue weighted by molar-refractivity contribution is -0.107. The number of carbonyl (C=O) groups is 1. The van der Waals surface area contributed by atoms with Crippen LogP contribution in [0.25, 0.3) is 5.78 Å². The quantitative estimate of drug-likeness (QED) is 0.727. The maximum Gasteiger partial charge on any atom is 0.262 e. The molecule has 0 bridgehead atoms. The summed E-state index contributed by atoms with van der Waals surface area (Å²) in [5.74, 6) is 0.590. The summed E-state index contributed by atoms with van der Waals surface area (Å²) >= 11 is 0. The van der Waals surface area contributed by atoms with Gasteiger partial charge in [-0.3, -0.25) is 9.20 Å². The summed E-state index contributed by atoms with van der Waals surface area (Å²) in [5, 5.41) is 7.00. The molecule has 0 amide bonds. The van der Waals surface area contributed by atoms with E-state index in [-0.39, 0.29) is 12.0 Å². The van der Waals surface area contributed by atoms with E-state index in [0.29, 0.717) is 17.0 Å². The Morgan fingerprint density at radius 1 is 1.41 bits per heavy atom. The molecule has 0 saturated heterocycles. The number of carbonyl (C=O) groups excluding carboxylic acids is 1. The number of fused-ring (bicyclic) bond motifs is 1. The van der Waals surface area contributed by atoms with Crippen molar-refractivity contribution in [2.75, 3.05) is 7.11 Å². The van der Waals surface area contributed by atoms with Gasteiger partial charge in [-0.2, -0.15) is 0 Å². The summed E-state index contributed by atoms with van der Waals surface area (Å²) in [4.78, 5) is 26.6. The van der Waals surface area contributed by atoms with Crippen LogP contribution in [0.5, 0.6) is 0 Å². The van der Waals surface area contributed by atoms with Gasteiger partial charge < -0.3 is 14.5 Å². The number of aliphatic hydroxyl groups excluding tert-OH is 1. The van der Waals surface area contributed by atoms with Crippen LogP contribution in [-0.4, -0.2) is 32.5 Å². The number of hydrogen-bond acceptors (Lipinski definition) is 4. The van der Waals surface area contributed by atoms with E-state index in [9.17, 15) is 9.59 Å². The molecule has 0 unspecified atom stereocenters. The first kappa shape index (κ1) is 13.1. The van der Waals surface area contributed by atoms with Crippen molar-refractivity contribution in [3.05, 3.63) is 34.0 Å². The van der Waals surface area contributed by atoms with Crippen LogP contribution in [0, 0.1) is 6.92 Å². The van der Waals surface area contributed by atoms with E-state index in [4.69, 9.17) is 5.11 Å². The predicted octanol–water partition coefficient (Wildman–Crippen LogP) is -0.309. The highest BCUT2D eigenvalue weighted by Crippen LogP contribution is 2.03. The molecule has 2 aromatic heterocycles. The van der Waals surface area contributed by atoms with Crippen molar-refractivity contribution in [2.24, 2.45) is 7.05 Å². The molecule has 0 saturated carbocycles. The number of aldehydes is 1. The summed E-state index contributed by atoms with van der Waals surface area (Å²) in [6.45, 7) is 1.74. The maximum atomic E-state index is 11.9. The molecule has 2 heterocycles. The Morgan fingerprint density at radius 3 is 2.65 bits per heavy atom. The van der Waals surface area contributed by atoms with Gasteiger partial charge in [0.25, 0.3) is 5.56 Å². The van der Waals surface area contributed by atoms with E-state index in [1.165, 1.54) is 4.40 Å². The van der Waals surface area contributed by atoms with Gasteiger partial charge in [-0.15, -0.1) is 0 Å². The van der Waals surface area contributed by atoms with Gasteiger partial charge in [-0.05, 0) is 6.92 Å². The van der Waals surface area contributed by atoms with Crippen LogP contribution in [0.4, 0.5) is 0 Å². The van der Waals surface area contributed by atoms with E-state index in [2.05, 4.69) is 4.98 Å². The highest BCUT2D eigenvalue weighted by Gasteiger charge is 2.10. The van der Waals surface area contributed by atoms with Crippen LogP contribution in [-0.2, 0) is 18.3 Å². The zero-order chi connectivity index (χ0) is 13.0. The molecule has 2 rings (SSSR count). The van der Waals surface area contributed by atoms with Crippen LogP contribution in [0.3, 0.4) is 0 Å². The molecule has 0 radical (unpaired) electrons. The molecule has 0 atom stereocenters. The molecule has 6 nitrogen and oxygen atoms in total. The zero-order valence-corrected chi connectivity index (χ0v) is 10.0. The van der Waals surface area contributed by atoms with Gasteiger partial charge in [0.2, 0.25) is 5.78 Å². The monoisotopic (exact) mass is 237 g/mol. The van der Waals surface area contributed by atoms with Gasteiger partial charge in [0.15, 0.2) is 0 Å². The fraction of sp³-hybridized carbons (Fsp3) is 0.364. The van der Waals surface area contributed by atoms with Crippen molar-refractivity contribution >= 4 is 12.1 Å². The maximum absolute atomic E-state index is 11.9. The molecule has 0 aliphatic carbocycles. The lowest BCUT2D eigenvalue weighted by atomic mass is 10.2. The van der Waals surface area contributed by atoms with Gasteiger partial charge in [0.05, 0.1) is 5.69 Å². The Balaban J connectivity index is 0.000000686. The number of aromatic nitrogens is 3. The van der Waals surface area contributed by atoms with E-state index < -0.39 is 0 Å². The number of imidazole rings is 1. The van der Waals surface area contributed by atoms with Crippen LogP contribution >= 0.6 is 0 Å². The summed E-state index contributed by atoms with van der Waals surface area (Å²) in [6.07, 6.45) is 4.25. The van der Waals surface area contributed by atoms with E-state index in [0.717, 1.165) is 13.4 Å². The fourth-order valence-electron chi connectivity index (χ4n) is 1.60. The van der Waals surface area contributed by atoms with Crippen molar-refractivity contribution in [2.45, 2.75) is 13.3 Å². The van der Waals surface area contributed by atoms with Gasteiger partial charge in [-0.1, -0.05) is 0 Å². The minimum absolute atomic E-state index is 0.121. The first-order valence-corrected chi connectivity index (χ1v) is 5.06. The van der Waals surface area contributed by atoms with Gasteiger partial charge in [-0.25, -0.2) is 4.98 Å². The molecule has 0 aliphatic heterocycles. The second kappa shape index (κ2) is 5.40. The lowest BCUT2D eigenvalue weighted by Crippen LogP contribution is -2.21. The number of aryl methyl sites for hydroxylation is 2. The van der Waals surface area contributed by atoms with Gasteiger partial charge in [0.1, 0.15) is 6.29 Å². The largest absolute Gasteiger partial charge is 0.400 e. The molecule has 0 aliphatic rings. The molecule has 17 heavy (non-hydrogen) atoms. The highest BCUT2D eigenvalue weighted by molar-refractivity contribution is 5.55. The summed E-state index contributed by atoms with van der Waals surface area (Å²) in [7, 11) is 2.82. The van der Waals surface area contributed by atoms with Gasteiger partial charge >= 0.3 is 0 Å². The van der Waals surface area contributed by atoms with Crippen LogP contribution < -0.4 is 5.56 Å². The SMILES string of the molecule is CO.Cc1nc2n(C)ccn2c(=O)c1CC=O. The average Bonchev–Trinajstić information content (AvgIpc) is 2.69. The Labute approximate surface area is 98.1 Å². The Morgan fingerprint density at radius 2 is 2.06 bits per heavy atom. The number of aliphatic hydroxyl groups is 1. The van der Waals surface area contributed by atoms with E-state index >= 15 is 0 Å². The molecule has 2 aromatic rings. The second-order valence-corrected chi connectivity index (χ2v) is 3.43. The molecule has 6 heteroatoms. The third-order valence-corrected chi connectivity index (χ3v) is 2.44. The predicted molar refractivity (Wildman–Crippen MR) is 63.1 cm³/mol. The fourth-order valence-corrected chi connectivity index (χ4v) is 1.60. The summed E-state index contributed by atoms with van der Waals surface area (Å²) in [6, 6.07) is 0. The number of hydrogen-bond donors (Lipinski definition) is 1. The third kappa shape index (κ3) is 2.26. The Hall–Kier alpha value is -1.95. The normalized spacial score (nSPS) is 9.88. The number of rotatable bonds is 2. The molecule has 0 spiro atoms. The topological polar surface area (TPSA) is 76.6 Å². The number of nitrogens with zero attached hydrogens (tertiary/aromatic N) is 3. The van der Waals surface area contributed by atoms with Crippen LogP contribution in [0.2, 0.25) is 0 Å². The Bertz CT molecular complexity index is 583. The third-order valence-electron chi connectivity index (χ3n) is 2.44. The standard InChI is InChI=1S/C10H11N3O2.CH4O/c1-7-8(3-6-14)9(15)13-5-4-12(2)10(13)11-7;1-2/h4-6H,3H2,1-2H3;2H,1H3. The molecule has 0 fully saturated rings. The van der Waals surface area contributed by atoms with Crippen molar-refractivity contribution in [1.82, 2.24) is 14.0 Å². The molecule has 0 aromatic carbocycles. The minimum atomic E-state index is -0.162. The van der Waals surface area contributed by atoms with Gasteiger partial charge in [0, 0.05) is 38.5 Å². The Kier molecular flexibility index (Phi) is 4.17. The smallest absolute Gasteiger partial charge is 0.262 e. The van der Waals surface area contributed by atoms with E-state index in [1.807, 2.05) is 7.05 Å². The molecule has 92 valence electrons. The molecular formula is C11H15N3O3. The average molecular weight is 237 g/mol. The van der Waals surface area contributed by atoms with Crippen molar-refractivity contribution < 1.29 is 9.90 Å². The first-order chi connectivity index (χ1) is 8.15. The lowest BCUT2D eigenvalue weighted by Gasteiger charge is -2.02. The second-order valence-electron chi connectivity index (χ2n) is 3.43.